The molecule has 1 aliphatic carbocycles. The fourth-order valence-electron chi connectivity index (χ4n) is 3.82. The Morgan fingerprint density at radius 3 is 2.52 bits per heavy atom. The number of benzene rings is 2. The number of anilines is 1. The third-order valence-electron chi connectivity index (χ3n) is 5.81. The van der Waals surface area contributed by atoms with Crippen molar-refractivity contribution in [1.29, 1.82) is 0 Å². The van der Waals surface area contributed by atoms with Gasteiger partial charge in [-0.05, 0) is 48.2 Å². The Morgan fingerprint density at radius 2 is 1.88 bits per heavy atom. The van der Waals surface area contributed by atoms with Crippen molar-refractivity contribution >= 4 is 40.7 Å². The zero-order valence-electron chi connectivity index (χ0n) is 17.7. The lowest BCUT2D eigenvalue weighted by Crippen LogP contribution is -2.58. The van der Waals surface area contributed by atoms with Gasteiger partial charge in [-0.1, -0.05) is 36.6 Å². The number of hydrogen-bond donors (Lipinski definition) is 4. The minimum Gasteiger partial charge on any atom is -0.367 e. The summed E-state index contributed by atoms with van der Waals surface area (Å²) in [5.74, 6) is -1.61. The fourth-order valence-corrected chi connectivity index (χ4v) is 4.08. The van der Waals surface area contributed by atoms with Gasteiger partial charge in [0.05, 0.1) is 17.3 Å². The molecule has 33 heavy (non-hydrogen) atoms. The Kier molecular flexibility index (Phi) is 6.44. The van der Waals surface area contributed by atoms with Gasteiger partial charge in [0.1, 0.15) is 11.5 Å². The average Bonchev–Trinajstić information content (AvgIpc) is 3.48. The first-order valence-electron chi connectivity index (χ1n) is 10.6. The Balaban J connectivity index is 1.51. The van der Waals surface area contributed by atoms with Crippen molar-refractivity contribution in [2.45, 2.75) is 24.8 Å². The number of primary amides is 1. The highest BCUT2D eigenvalue weighted by molar-refractivity contribution is 6.47. The topological polar surface area (TPSA) is 126 Å². The van der Waals surface area contributed by atoms with Crippen molar-refractivity contribution in [1.82, 2.24) is 10.6 Å². The first kappa shape index (κ1) is 22.9. The summed E-state index contributed by atoms with van der Waals surface area (Å²) in [7, 11) is 0. The molecule has 1 fully saturated rings. The lowest BCUT2D eigenvalue weighted by Gasteiger charge is -2.28. The van der Waals surface area contributed by atoms with Gasteiger partial charge in [-0.3, -0.25) is 24.7 Å². The molecular formula is C23H23ClFN5O3. The number of halogens is 2. The van der Waals surface area contributed by atoms with Crippen LogP contribution in [0.2, 0.25) is 5.02 Å². The number of hydrogen-bond acceptors (Lipinski definition) is 5. The van der Waals surface area contributed by atoms with E-state index in [-0.39, 0.29) is 23.0 Å². The molecule has 1 saturated carbocycles. The summed E-state index contributed by atoms with van der Waals surface area (Å²) in [5.41, 5.74) is 5.11. The van der Waals surface area contributed by atoms with Gasteiger partial charge < -0.3 is 16.4 Å². The Morgan fingerprint density at radius 1 is 1.15 bits per heavy atom. The number of rotatable bonds is 8. The molecule has 0 bridgehead atoms. The normalized spacial score (nSPS) is 19.6. The van der Waals surface area contributed by atoms with Crippen molar-refractivity contribution in [3.63, 3.8) is 0 Å². The van der Waals surface area contributed by atoms with Crippen LogP contribution >= 0.6 is 11.6 Å². The second-order valence-corrected chi connectivity index (χ2v) is 8.51. The molecule has 4 rings (SSSR count). The van der Waals surface area contributed by atoms with E-state index in [0.717, 1.165) is 18.6 Å². The first-order chi connectivity index (χ1) is 15.8. The number of carbonyl (C=O) groups is 3. The average molecular weight is 472 g/mol. The maximum atomic E-state index is 13.2. The van der Waals surface area contributed by atoms with Crippen LogP contribution in [0.3, 0.4) is 0 Å². The molecule has 2 aliphatic rings. The predicted octanol–water partition coefficient (Wildman–Crippen LogP) is 2.33. The van der Waals surface area contributed by atoms with Crippen molar-refractivity contribution in [2.24, 2.45) is 16.6 Å². The SMILES string of the molecule is NC(=O)C1(c2ccc(NC(=O)c3ccc(F)cc3Cl)cc2)NCN=C1C(=O)NCCC1CC1. The van der Waals surface area contributed by atoms with E-state index in [9.17, 15) is 18.8 Å². The van der Waals surface area contributed by atoms with E-state index >= 15 is 0 Å². The quantitative estimate of drug-likeness (QED) is 0.471. The predicted molar refractivity (Wildman–Crippen MR) is 122 cm³/mol. The van der Waals surface area contributed by atoms with E-state index in [1.54, 1.807) is 24.3 Å². The molecular weight excluding hydrogens is 449 g/mol. The highest BCUT2D eigenvalue weighted by Gasteiger charge is 2.49. The molecule has 1 heterocycles. The second-order valence-electron chi connectivity index (χ2n) is 8.10. The number of aliphatic imine (C=N–C) groups is 1. The molecule has 1 unspecified atom stereocenters. The van der Waals surface area contributed by atoms with Crippen LogP contribution in [0.25, 0.3) is 0 Å². The molecule has 10 heteroatoms. The lowest BCUT2D eigenvalue weighted by atomic mass is 9.84. The molecule has 0 aromatic heterocycles. The summed E-state index contributed by atoms with van der Waals surface area (Å²) in [6.07, 6.45) is 3.25. The molecule has 2 aromatic carbocycles. The zero-order valence-corrected chi connectivity index (χ0v) is 18.4. The summed E-state index contributed by atoms with van der Waals surface area (Å²) in [6.45, 7) is 0.574. The molecule has 0 saturated heterocycles. The van der Waals surface area contributed by atoms with Gasteiger partial charge in [0.15, 0.2) is 5.54 Å². The van der Waals surface area contributed by atoms with Crippen LogP contribution in [0.15, 0.2) is 47.5 Å². The molecule has 1 aliphatic heterocycles. The number of carbonyl (C=O) groups excluding carboxylic acids is 3. The van der Waals surface area contributed by atoms with Crippen LogP contribution in [0, 0.1) is 11.7 Å². The van der Waals surface area contributed by atoms with Gasteiger partial charge in [-0.25, -0.2) is 4.39 Å². The third-order valence-corrected chi connectivity index (χ3v) is 6.12. The molecule has 3 amide bonds. The molecule has 5 N–H and O–H groups in total. The summed E-state index contributed by atoms with van der Waals surface area (Å²) in [4.78, 5) is 42.0. The Hall–Kier alpha value is -3.30. The van der Waals surface area contributed by atoms with Gasteiger partial charge in [0.25, 0.3) is 11.8 Å². The van der Waals surface area contributed by atoms with Crippen LogP contribution in [-0.2, 0) is 15.1 Å². The largest absolute Gasteiger partial charge is 0.367 e. The lowest BCUT2D eigenvalue weighted by molar-refractivity contribution is -0.123. The first-order valence-corrected chi connectivity index (χ1v) is 10.9. The maximum absolute atomic E-state index is 13.2. The molecule has 8 nitrogen and oxygen atoms in total. The van der Waals surface area contributed by atoms with E-state index in [2.05, 4.69) is 20.9 Å². The molecule has 0 spiro atoms. The van der Waals surface area contributed by atoms with Crippen molar-refractivity contribution < 1.29 is 18.8 Å². The van der Waals surface area contributed by atoms with Crippen LogP contribution < -0.4 is 21.7 Å². The summed E-state index contributed by atoms with van der Waals surface area (Å²) >= 11 is 5.95. The Labute approximate surface area is 194 Å². The number of amides is 3. The number of nitrogens with two attached hydrogens (primary N) is 1. The van der Waals surface area contributed by atoms with Crippen LogP contribution in [0.5, 0.6) is 0 Å². The molecule has 1 atom stereocenters. The smallest absolute Gasteiger partial charge is 0.268 e. The van der Waals surface area contributed by atoms with Crippen LogP contribution in [-0.4, -0.2) is 36.6 Å². The zero-order chi connectivity index (χ0) is 23.6. The van der Waals surface area contributed by atoms with Crippen molar-refractivity contribution in [3.05, 3.63) is 64.4 Å². The van der Waals surface area contributed by atoms with Gasteiger partial charge in [-0.2, -0.15) is 0 Å². The second kappa shape index (κ2) is 9.29. The van der Waals surface area contributed by atoms with Gasteiger partial charge >= 0.3 is 0 Å². The third kappa shape index (κ3) is 4.74. The molecule has 172 valence electrons. The summed E-state index contributed by atoms with van der Waals surface area (Å²) in [6, 6.07) is 9.78. The standard InChI is InChI=1S/C23H23ClFN5O3/c24-18-11-15(25)5-8-17(18)20(31)30-16-6-3-14(4-7-16)23(22(26)33)19(28-12-29-23)21(32)27-10-9-13-1-2-13/h3-8,11,13,29H,1-2,9-10,12H2,(H2,26,33)(H,27,32)(H,30,31). The van der Waals surface area contributed by atoms with E-state index in [0.29, 0.717) is 23.7 Å². The minimum atomic E-state index is -1.58. The van der Waals surface area contributed by atoms with E-state index in [1.807, 2.05) is 0 Å². The minimum absolute atomic E-state index is 0.0134. The maximum Gasteiger partial charge on any atom is 0.268 e. The van der Waals surface area contributed by atoms with Crippen molar-refractivity contribution in [3.8, 4) is 0 Å². The highest BCUT2D eigenvalue weighted by Crippen LogP contribution is 2.32. The van der Waals surface area contributed by atoms with E-state index < -0.39 is 29.1 Å². The van der Waals surface area contributed by atoms with Crippen molar-refractivity contribution in [2.75, 3.05) is 18.5 Å². The van der Waals surface area contributed by atoms with E-state index in [4.69, 9.17) is 17.3 Å². The van der Waals surface area contributed by atoms with Gasteiger partial charge in [-0.15, -0.1) is 0 Å². The molecule has 2 aromatic rings. The highest BCUT2D eigenvalue weighted by atomic mass is 35.5. The summed E-state index contributed by atoms with van der Waals surface area (Å²) < 4.78 is 13.2. The molecule has 0 radical (unpaired) electrons. The Bertz CT molecular complexity index is 1130. The number of nitrogens with one attached hydrogen (secondary N) is 3. The van der Waals surface area contributed by atoms with Crippen LogP contribution in [0.1, 0.15) is 35.2 Å². The van der Waals surface area contributed by atoms with Gasteiger partial charge in [0.2, 0.25) is 5.91 Å². The van der Waals surface area contributed by atoms with Gasteiger partial charge in [0, 0.05) is 12.2 Å². The monoisotopic (exact) mass is 471 g/mol. The summed E-state index contributed by atoms with van der Waals surface area (Å²) in [5, 5.41) is 8.43. The van der Waals surface area contributed by atoms with Crippen LogP contribution in [0.4, 0.5) is 10.1 Å². The fraction of sp³-hybridized carbons (Fsp3) is 0.304. The van der Waals surface area contributed by atoms with E-state index in [1.165, 1.54) is 18.9 Å². The number of nitrogens with zero attached hydrogens (tertiary/aromatic N) is 1.